The third-order valence-corrected chi connectivity index (χ3v) is 4.08. The van der Waals surface area contributed by atoms with Gasteiger partial charge in [-0.3, -0.25) is 14.2 Å². The summed E-state index contributed by atoms with van der Waals surface area (Å²) in [7, 11) is 0. The maximum Gasteiger partial charge on any atom is 0.271 e. The van der Waals surface area contributed by atoms with E-state index in [0.29, 0.717) is 22.7 Å². The number of para-hydroxylation sites is 1. The monoisotopic (exact) mass is 309 g/mol. The van der Waals surface area contributed by atoms with E-state index in [1.54, 1.807) is 6.92 Å². The molecule has 1 aromatic carbocycles. The number of rotatable bonds is 2. The second-order valence-electron chi connectivity index (χ2n) is 6.03. The van der Waals surface area contributed by atoms with Crippen molar-refractivity contribution in [2.75, 3.05) is 0 Å². The lowest BCUT2D eigenvalue weighted by atomic mass is 10.1. The van der Waals surface area contributed by atoms with Crippen LogP contribution in [0, 0.1) is 13.8 Å². The molecule has 0 aliphatic rings. The number of H-pyrrole nitrogens is 1. The lowest BCUT2D eigenvalue weighted by molar-refractivity contribution is 0.720. The number of nitrogens with zero attached hydrogens (tertiary/aromatic N) is 2. The highest BCUT2D eigenvalue weighted by Gasteiger charge is 2.18. The molecular weight excluding hydrogens is 290 g/mol. The van der Waals surface area contributed by atoms with Gasteiger partial charge in [-0.15, -0.1) is 0 Å². The van der Waals surface area contributed by atoms with Gasteiger partial charge in [-0.05, 0) is 26.0 Å². The van der Waals surface area contributed by atoms with Crippen LogP contribution in [0.5, 0.6) is 0 Å². The van der Waals surface area contributed by atoms with Crippen molar-refractivity contribution in [2.45, 2.75) is 33.6 Å². The fraction of sp³-hybridized carbons (Fsp3) is 0.278. The molecule has 0 spiro atoms. The SMILES string of the molecule is Cc1[nH]c2nc(C(C)C)n(-c3ccccc3)c(=O)c2c(=O)c1C. The van der Waals surface area contributed by atoms with Gasteiger partial charge >= 0.3 is 0 Å². The van der Waals surface area contributed by atoms with E-state index in [9.17, 15) is 9.59 Å². The molecule has 5 nitrogen and oxygen atoms in total. The predicted molar refractivity (Wildman–Crippen MR) is 91.5 cm³/mol. The lowest BCUT2D eigenvalue weighted by Gasteiger charge is -2.16. The van der Waals surface area contributed by atoms with Crippen molar-refractivity contribution in [2.24, 2.45) is 0 Å². The smallest absolute Gasteiger partial charge is 0.271 e. The fourth-order valence-corrected chi connectivity index (χ4v) is 2.68. The minimum Gasteiger partial charge on any atom is -0.343 e. The molecule has 0 aliphatic carbocycles. The summed E-state index contributed by atoms with van der Waals surface area (Å²) in [4.78, 5) is 33.3. The van der Waals surface area contributed by atoms with Crippen molar-refractivity contribution in [1.82, 2.24) is 14.5 Å². The zero-order valence-corrected chi connectivity index (χ0v) is 13.7. The number of fused-ring (bicyclic) bond motifs is 1. The van der Waals surface area contributed by atoms with Crippen LogP contribution < -0.4 is 11.0 Å². The quantitative estimate of drug-likeness (QED) is 0.791. The first-order valence-corrected chi connectivity index (χ1v) is 7.63. The van der Waals surface area contributed by atoms with E-state index >= 15 is 0 Å². The van der Waals surface area contributed by atoms with Crippen LogP contribution in [0.1, 0.15) is 36.8 Å². The topological polar surface area (TPSA) is 67.8 Å². The third-order valence-electron chi connectivity index (χ3n) is 4.08. The standard InChI is InChI=1S/C18H19N3O2/c1-10(2)17-20-16-14(15(22)11(3)12(4)19-16)18(23)21(17)13-8-6-5-7-9-13/h5-10H,1-4H3,(H,19,22). The Morgan fingerprint density at radius 3 is 2.35 bits per heavy atom. The van der Waals surface area contributed by atoms with E-state index in [-0.39, 0.29) is 22.3 Å². The third kappa shape index (κ3) is 2.38. The molecule has 5 heteroatoms. The van der Waals surface area contributed by atoms with Crippen LogP contribution in [-0.4, -0.2) is 14.5 Å². The number of aryl methyl sites for hydroxylation is 1. The van der Waals surface area contributed by atoms with Gasteiger partial charge in [0.25, 0.3) is 5.56 Å². The first-order chi connectivity index (χ1) is 10.9. The number of hydrogen-bond acceptors (Lipinski definition) is 3. The lowest BCUT2D eigenvalue weighted by Crippen LogP contribution is -2.29. The van der Waals surface area contributed by atoms with Crippen LogP contribution >= 0.6 is 0 Å². The molecule has 0 saturated carbocycles. The molecule has 0 fully saturated rings. The Bertz CT molecular complexity index is 999. The van der Waals surface area contributed by atoms with E-state index in [1.165, 1.54) is 4.57 Å². The maximum absolute atomic E-state index is 13.0. The van der Waals surface area contributed by atoms with Gasteiger partial charge in [0, 0.05) is 17.2 Å². The normalized spacial score (nSPS) is 11.3. The van der Waals surface area contributed by atoms with Gasteiger partial charge in [0.2, 0.25) is 0 Å². The average Bonchev–Trinajstić information content (AvgIpc) is 2.52. The van der Waals surface area contributed by atoms with Crippen LogP contribution in [0.4, 0.5) is 0 Å². The van der Waals surface area contributed by atoms with Crippen molar-refractivity contribution in [1.29, 1.82) is 0 Å². The number of aromatic amines is 1. The van der Waals surface area contributed by atoms with Crippen LogP contribution in [0.15, 0.2) is 39.9 Å². The minimum absolute atomic E-state index is 0.0393. The van der Waals surface area contributed by atoms with E-state index in [4.69, 9.17) is 0 Å². The molecule has 0 saturated heterocycles. The van der Waals surface area contributed by atoms with Crippen molar-refractivity contribution >= 4 is 11.0 Å². The average molecular weight is 309 g/mol. The molecule has 0 radical (unpaired) electrons. The van der Waals surface area contributed by atoms with Crippen molar-refractivity contribution in [3.8, 4) is 5.69 Å². The molecular formula is C18H19N3O2. The first kappa shape index (κ1) is 15.2. The molecule has 0 bridgehead atoms. The molecule has 3 rings (SSSR count). The van der Waals surface area contributed by atoms with Gasteiger partial charge in [0.15, 0.2) is 5.43 Å². The Hall–Kier alpha value is -2.69. The van der Waals surface area contributed by atoms with E-state index in [1.807, 2.05) is 51.1 Å². The Morgan fingerprint density at radius 1 is 1.09 bits per heavy atom. The summed E-state index contributed by atoms with van der Waals surface area (Å²) in [5.41, 5.74) is 1.78. The molecule has 0 unspecified atom stereocenters. The van der Waals surface area contributed by atoms with Crippen molar-refractivity contribution in [3.63, 3.8) is 0 Å². The minimum atomic E-state index is -0.325. The Kier molecular flexibility index (Phi) is 3.64. The van der Waals surface area contributed by atoms with Crippen LogP contribution in [0.25, 0.3) is 16.7 Å². The van der Waals surface area contributed by atoms with Gasteiger partial charge in [-0.25, -0.2) is 4.98 Å². The van der Waals surface area contributed by atoms with Gasteiger partial charge in [-0.2, -0.15) is 0 Å². The van der Waals surface area contributed by atoms with Crippen LogP contribution in [-0.2, 0) is 0 Å². The second kappa shape index (κ2) is 5.50. The van der Waals surface area contributed by atoms with Crippen LogP contribution in [0.2, 0.25) is 0 Å². The highest BCUT2D eigenvalue weighted by Crippen LogP contribution is 2.17. The molecule has 118 valence electrons. The molecule has 23 heavy (non-hydrogen) atoms. The molecule has 1 N–H and O–H groups in total. The Morgan fingerprint density at radius 2 is 1.74 bits per heavy atom. The van der Waals surface area contributed by atoms with E-state index in [0.717, 1.165) is 5.69 Å². The predicted octanol–water partition coefficient (Wildman–Crippen LogP) is 2.81. The van der Waals surface area contributed by atoms with Gasteiger partial charge in [0.05, 0.1) is 5.69 Å². The summed E-state index contributed by atoms with van der Waals surface area (Å²) in [6, 6.07) is 9.30. The van der Waals surface area contributed by atoms with E-state index in [2.05, 4.69) is 9.97 Å². The maximum atomic E-state index is 13.0. The summed E-state index contributed by atoms with van der Waals surface area (Å²) in [5.74, 6) is 0.671. The number of aromatic nitrogens is 3. The molecule has 0 atom stereocenters. The number of nitrogens with one attached hydrogen (secondary N) is 1. The molecule has 0 aliphatic heterocycles. The number of pyridine rings is 1. The summed E-state index contributed by atoms with van der Waals surface area (Å²) >= 11 is 0. The van der Waals surface area contributed by atoms with Gasteiger partial charge in [0.1, 0.15) is 16.9 Å². The summed E-state index contributed by atoms with van der Waals surface area (Å²) in [6.45, 7) is 7.49. The first-order valence-electron chi connectivity index (χ1n) is 7.63. The Balaban J connectivity index is 2.53. The Labute approximate surface area is 133 Å². The summed E-state index contributed by atoms with van der Waals surface area (Å²) in [6.07, 6.45) is 0. The van der Waals surface area contributed by atoms with E-state index < -0.39 is 0 Å². The van der Waals surface area contributed by atoms with Crippen molar-refractivity contribution in [3.05, 3.63) is 68.0 Å². The summed E-state index contributed by atoms with van der Waals surface area (Å²) < 4.78 is 1.54. The second-order valence-corrected chi connectivity index (χ2v) is 6.03. The molecule has 0 amide bonds. The van der Waals surface area contributed by atoms with Gasteiger partial charge in [-0.1, -0.05) is 32.0 Å². The molecule has 2 heterocycles. The molecule has 3 aromatic rings. The highest BCUT2D eigenvalue weighted by molar-refractivity contribution is 5.75. The summed E-state index contributed by atoms with van der Waals surface area (Å²) in [5, 5.41) is 0.112. The van der Waals surface area contributed by atoms with Crippen LogP contribution in [0.3, 0.4) is 0 Å². The number of benzene rings is 1. The fourth-order valence-electron chi connectivity index (χ4n) is 2.68. The molecule has 2 aromatic heterocycles. The number of hydrogen-bond donors (Lipinski definition) is 1. The zero-order chi connectivity index (χ0) is 16.7. The highest BCUT2D eigenvalue weighted by atomic mass is 16.1. The largest absolute Gasteiger partial charge is 0.343 e. The van der Waals surface area contributed by atoms with Gasteiger partial charge < -0.3 is 4.98 Å². The van der Waals surface area contributed by atoms with Crippen molar-refractivity contribution < 1.29 is 0 Å². The zero-order valence-electron chi connectivity index (χ0n) is 13.7.